The van der Waals surface area contributed by atoms with Crippen LogP contribution in [0.1, 0.15) is 17.0 Å². The lowest BCUT2D eigenvalue weighted by Gasteiger charge is -2.17. The molecule has 1 heterocycles. The van der Waals surface area contributed by atoms with Crippen LogP contribution < -0.4 is 23.2 Å². The first-order valence-electron chi connectivity index (χ1n) is 4.68. The number of pyridine rings is 1. The van der Waals surface area contributed by atoms with E-state index in [9.17, 15) is 10.1 Å². The molecule has 0 amide bonds. The van der Waals surface area contributed by atoms with Gasteiger partial charge in [-0.05, 0) is 6.92 Å². The average molecular weight is 281 g/mol. The van der Waals surface area contributed by atoms with Gasteiger partial charge in [-0.15, -0.1) is 10.2 Å². The van der Waals surface area contributed by atoms with Crippen molar-refractivity contribution in [2.24, 2.45) is 7.05 Å². The molecule has 9 heteroatoms. The summed E-state index contributed by atoms with van der Waals surface area (Å²) in [7, 11) is -3.11. The van der Waals surface area contributed by atoms with E-state index in [2.05, 4.69) is 0 Å². The molecule has 0 radical (unpaired) electrons. The zero-order valence-corrected chi connectivity index (χ0v) is 11.1. The second kappa shape index (κ2) is 6.03. The Balaban J connectivity index is 0.000000494. The molecule has 0 fully saturated rings. The van der Waals surface area contributed by atoms with Gasteiger partial charge in [-0.2, -0.15) is 4.57 Å². The fourth-order valence-corrected chi connectivity index (χ4v) is 1.29. The fourth-order valence-electron chi connectivity index (χ4n) is 1.29. The first-order valence-corrected chi connectivity index (χ1v) is 5.91. The highest BCUT2D eigenvalue weighted by molar-refractivity contribution is 5.35. The Morgan fingerprint density at radius 2 is 1.50 bits per heavy atom. The van der Waals surface area contributed by atoms with E-state index in [0.29, 0.717) is 5.69 Å². The lowest BCUT2D eigenvalue weighted by atomic mass is 10.1. The van der Waals surface area contributed by atoms with Gasteiger partial charge < -0.3 is 0 Å². The van der Waals surface area contributed by atoms with Crippen LogP contribution in [0, 0.1) is 41.1 Å². The van der Waals surface area contributed by atoms with E-state index in [1.54, 1.807) is 13.0 Å². The zero-order valence-electron chi connectivity index (χ0n) is 10.3. The molecule has 0 spiro atoms. The van der Waals surface area contributed by atoms with Gasteiger partial charge >= 0.3 is 5.69 Å². The van der Waals surface area contributed by atoms with Crippen molar-refractivity contribution in [2.45, 2.75) is 20.8 Å². The molecule has 0 unspecified atom stereocenters. The second-order valence-corrected chi connectivity index (χ2v) is 4.33. The number of nitrogens with zero attached hydrogens (tertiary/aromatic N) is 2. The lowest BCUT2D eigenvalue weighted by molar-refractivity contribution is -2.00. The number of hydrogen-bond acceptors (Lipinski definition) is 6. The maximum atomic E-state index is 10.6. The largest absolute Gasteiger partial charge is 0.335 e. The summed E-state index contributed by atoms with van der Waals surface area (Å²) in [6, 6.07) is 1.62. The molecule has 0 saturated heterocycles. The van der Waals surface area contributed by atoms with E-state index in [4.69, 9.17) is 18.6 Å². The van der Waals surface area contributed by atoms with Crippen molar-refractivity contribution in [3.63, 3.8) is 0 Å². The lowest BCUT2D eigenvalue weighted by Crippen LogP contribution is -2.68. The maximum Gasteiger partial charge on any atom is 0.335 e. The molecule has 0 saturated carbocycles. The minimum Gasteiger partial charge on any atom is -0.258 e. The van der Waals surface area contributed by atoms with Crippen LogP contribution in [0.4, 0.5) is 5.69 Å². The summed E-state index contributed by atoms with van der Waals surface area (Å²) >= 11 is 0. The van der Waals surface area contributed by atoms with Crippen molar-refractivity contribution in [3.8, 4) is 0 Å². The Bertz CT molecular complexity index is 451. The smallest absolute Gasteiger partial charge is 0.258 e. The molecule has 0 aliphatic heterocycles. The van der Waals surface area contributed by atoms with E-state index in [0.717, 1.165) is 11.3 Å². The normalized spacial score (nSPS) is 10.7. The summed E-state index contributed by atoms with van der Waals surface area (Å²) in [6.45, 7) is 5.58. The van der Waals surface area contributed by atoms with E-state index < -0.39 is 10.2 Å². The van der Waals surface area contributed by atoms with Gasteiger partial charge in [-0.25, -0.2) is 18.6 Å². The summed E-state index contributed by atoms with van der Waals surface area (Å²) in [6.07, 6.45) is 0. The third kappa shape index (κ3) is 5.34. The van der Waals surface area contributed by atoms with Crippen molar-refractivity contribution < 1.29 is 38.4 Å². The molecule has 1 rings (SSSR count). The zero-order chi connectivity index (χ0) is 14.7. The number of aryl methyl sites for hydroxylation is 1. The summed E-state index contributed by atoms with van der Waals surface area (Å²) < 4.78 is 35.8. The van der Waals surface area contributed by atoms with Gasteiger partial charge in [0, 0.05) is 25.5 Å². The quantitative estimate of drug-likeness (QED) is 0.298. The average Bonchev–Trinajstić information content (AvgIpc) is 2.17. The molecule has 0 aliphatic carbocycles. The predicted octanol–water partition coefficient (Wildman–Crippen LogP) is -3.41. The number of nitro groups is 1. The van der Waals surface area contributed by atoms with Crippen LogP contribution in [0.3, 0.4) is 0 Å². The molecule has 0 atom stereocenters. The van der Waals surface area contributed by atoms with Gasteiger partial charge in [0.1, 0.15) is 7.05 Å². The summed E-state index contributed by atoms with van der Waals surface area (Å²) in [5, 5.41) is 10.6. The Morgan fingerprint density at radius 3 is 1.83 bits per heavy atom. The van der Waals surface area contributed by atoms with Gasteiger partial charge in [-0.3, -0.25) is 10.1 Å². The molecule has 0 aromatic carbocycles. The number of halogens is 1. The minimum atomic E-state index is -4.94. The molecule has 0 bridgehead atoms. The van der Waals surface area contributed by atoms with Crippen LogP contribution in [0.2, 0.25) is 0 Å². The molecule has 0 N–H and O–H groups in total. The molecule has 1 aromatic heterocycles. The molecule has 1 aromatic rings. The van der Waals surface area contributed by atoms with Crippen LogP contribution >= 0.6 is 0 Å². The molecule has 0 aliphatic rings. The van der Waals surface area contributed by atoms with Crippen LogP contribution in [-0.2, 0) is 7.05 Å². The number of hydrogen-bond donors (Lipinski definition) is 0. The highest BCUT2D eigenvalue weighted by Gasteiger charge is 2.22. The van der Waals surface area contributed by atoms with Crippen molar-refractivity contribution in [1.82, 2.24) is 0 Å². The van der Waals surface area contributed by atoms with E-state index in [1.165, 1.54) is 0 Å². The Hall–Kier alpha value is -1.32. The van der Waals surface area contributed by atoms with Crippen LogP contribution in [-0.4, -0.2) is 4.92 Å². The van der Waals surface area contributed by atoms with Crippen molar-refractivity contribution in [2.75, 3.05) is 0 Å². The third-order valence-electron chi connectivity index (χ3n) is 2.50. The first-order chi connectivity index (χ1) is 7.95. The molecule has 102 valence electrons. The molecular weight excluding hydrogens is 268 g/mol. The van der Waals surface area contributed by atoms with Crippen molar-refractivity contribution >= 4 is 5.69 Å². The van der Waals surface area contributed by atoms with Gasteiger partial charge in [0.2, 0.25) is 0 Å². The monoisotopic (exact) mass is 280 g/mol. The molecule has 18 heavy (non-hydrogen) atoms. The first kappa shape index (κ1) is 16.7. The summed E-state index contributed by atoms with van der Waals surface area (Å²) in [5.74, 6) is 0. The van der Waals surface area contributed by atoms with Crippen LogP contribution in [0.25, 0.3) is 0 Å². The Kier molecular flexibility index (Phi) is 5.58. The van der Waals surface area contributed by atoms with E-state index in [-0.39, 0.29) is 10.6 Å². The van der Waals surface area contributed by atoms with Gasteiger partial charge in [0.15, 0.2) is 5.69 Å². The van der Waals surface area contributed by atoms with Gasteiger partial charge in [0.25, 0.3) is 5.69 Å². The van der Waals surface area contributed by atoms with Gasteiger partial charge in [-0.1, -0.05) is 0 Å². The Labute approximate surface area is 106 Å². The van der Waals surface area contributed by atoms with Crippen LogP contribution in [0.15, 0.2) is 6.07 Å². The van der Waals surface area contributed by atoms with E-state index >= 15 is 0 Å². The highest BCUT2D eigenvalue weighted by atomic mass is 35.7. The number of rotatable bonds is 1. The predicted molar refractivity (Wildman–Crippen MR) is 48.5 cm³/mol. The number of aromatic nitrogens is 1. The van der Waals surface area contributed by atoms with Crippen molar-refractivity contribution in [1.29, 1.82) is 0 Å². The molecule has 8 nitrogen and oxygen atoms in total. The topological polar surface area (TPSA) is 139 Å². The van der Waals surface area contributed by atoms with Crippen molar-refractivity contribution in [3.05, 3.63) is 33.1 Å². The maximum absolute atomic E-state index is 10.6. The SMILES string of the molecule is Cc1cc([N+](=O)[O-])c(C)[n+](C)c1C.[O-][Cl+3]([O-])([O-])[O-]. The Morgan fingerprint density at radius 1 is 1.11 bits per heavy atom. The minimum absolute atomic E-state index is 0.186. The standard InChI is InChI=1S/C9H13N2O2.ClHO4/c1-6-5-9(11(12)13)8(3)10(4)7(6)2;2-1(3,4)5/h5H,1-4H3;(H,2,3,4,5)/q+1;/p-1. The van der Waals surface area contributed by atoms with E-state index in [1.807, 2.05) is 25.5 Å². The highest BCUT2D eigenvalue weighted by Crippen LogP contribution is 2.16. The van der Waals surface area contributed by atoms with Gasteiger partial charge in [0.05, 0.1) is 4.92 Å². The second-order valence-electron chi connectivity index (χ2n) is 3.58. The molecular formula is C9H13ClN2O6. The fraction of sp³-hybridized carbons (Fsp3) is 0.444. The summed E-state index contributed by atoms with van der Waals surface area (Å²) in [4.78, 5) is 10.3. The van der Waals surface area contributed by atoms with Crippen LogP contribution in [0.5, 0.6) is 0 Å². The third-order valence-corrected chi connectivity index (χ3v) is 2.50. The summed E-state index contributed by atoms with van der Waals surface area (Å²) in [5.41, 5.74) is 2.88.